The minimum Gasteiger partial charge on any atom is -0.326 e. The molecule has 3 aromatic rings. The van der Waals surface area contributed by atoms with Crippen LogP contribution >= 0.6 is 0 Å². The number of hydrogen-bond acceptors (Lipinski definition) is 5. The molecule has 0 aliphatic heterocycles. The lowest BCUT2D eigenvalue weighted by atomic mass is 9.96. The van der Waals surface area contributed by atoms with Crippen molar-refractivity contribution < 1.29 is 33.2 Å². The molecule has 0 heterocycles. The van der Waals surface area contributed by atoms with E-state index in [-0.39, 0.29) is 30.1 Å². The third-order valence-electron chi connectivity index (χ3n) is 5.92. The van der Waals surface area contributed by atoms with E-state index in [1.807, 2.05) is 0 Å². The van der Waals surface area contributed by atoms with Crippen LogP contribution in [0.25, 0.3) is 0 Å². The van der Waals surface area contributed by atoms with E-state index in [4.69, 9.17) is 5.21 Å². The van der Waals surface area contributed by atoms with Crippen LogP contribution in [-0.4, -0.2) is 28.8 Å². The number of rotatable bonds is 13. The van der Waals surface area contributed by atoms with E-state index >= 15 is 0 Å². The number of amides is 4. The molecule has 0 aliphatic rings. The highest BCUT2D eigenvalue weighted by Gasteiger charge is 2.29. The molecule has 11 heteroatoms. The normalized spacial score (nSPS) is 10.6. The van der Waals surface area contributed by atoms with Gasteiger partial charge in [-0.2, -0.15) is 0 Å². The number of anilines is 3. The molecule has 5 N–H and O–H groups in total. The second kappa shape index (κ2) is 15.1. The van der Waals surface area contributed by atoms with Crippen LogP contribution in [-0.2, 0) is 19.2 Å². The van der Waals surface area contributed by atoms with Gasteiger partial charge in [0.05, 0.1) is 0 Å². The van der Waals surface area contributed by atoms with E-state index in [0.717, 1.165) is 25.0 Å². The Hall–Kier alpha value is -4.64. The summed E-state index contributed by atoms with van der Waals surface area (Å²) in [6.07, 6.45) is 3.20. The maximum atomic E-state index is 13.6. The second-order valence-electron chi connectivity index (χ2n) is 9.05. The lowest BCUT2D eigenvalue weighted by Crippen LogP contribution is -2.32. The average molecular weight is 553 g/mol. The molecule has 9 nitrogen and oxygen atoms in total. The van der Waals surface area contributed by atoms with Gasteiger partial charge in [-0.05, 0) is 66.9 Å². The highest BCUT2D eigenvalue weighted by atomic mass is 19.1. The van der Waals surface area contributed by atoms with Gasteiger partial charge in [-0.15, -0.1) is 0 Å². The molecule has 0 saturated heterocycles. The fraction of sp³-hybridized carbons (Fsp3) is 0.241. The van der Waals surface area contributed by atoms with Gasteiger partial charge in [0.2, 0.25) is 23.6 Å². The third-order valence-corrected chi connectivity index (χ3v) is 5.92. The SMILES string of the molecule is O=C(CCCCCCC(=O)Nc1ccc(C(C(=O)Nc2cccc(F)c2)C(=O)Nc2cccc(F)c2)cc1)NO. The van der Waals surface area contributed by atoms with Crippen LogP contribution < -0.4 is 21.4 Å². The van der Waals surface area contributed by atoms with Gasteiger partial charge in [0.1, 0.15) is 17.6 Å². The highest BCUT2D eigenvalue weighted by molar-refractivity contribution is 6.15. The number of benzene rings is 3. The van der Waals surface area contributed by atoms with Gasteiger partial charge in [0.25, 0.3) is 0 Å². The molecule has 0 bridgehead atoms. The van der Waals surface area contributed by atoms with Crippen LogP contribution in [0.4, 0.5) is 25.8 Å². The first kappa shape index (κ1) is 29.9. The van der Waals surface area contributed by atoms with E-state index in [9.17, 15) is 28.0 Å². The number of nitrogens with one attached hydrogen (secondary N) is 4. The van der Waals surface area contributed by atoms with Crippen LogP contribution in [0.1, 0.15) is 50.0 Å². The molecule has 0 atom stereocenters. The van der Waals surface area contributed by atoms with Crippen molar-refractivity contribution in [2.75, 3.05) is 16.0 Å². The van der Waals surface area contributed by atoms with Gasteiger partial charge in [-0.25, -0.2) is 14.3 Å². The molecule has 0 spiro atoms. The summed E-state index contributed by atoms with van der Waals surface area (Å²) in [6.45, 7) is 0. The quantitative estimate of drug-likeness (QED) is 0.0869. The largest absolute Gasteiger partial charge is 0.326 e. The van der Waals surface area contributed by atoms with Crippen molar-refractivity contribution in [1.82, 2.24) is 5.48 Å². The molecule has 3 rings (SSSR count). The van der Waals surface area contributed by atoms with E-state index in [0.29, 0.717) is 24.1 Å². The van der Waals surface area contributed by atoms with E-state index < -0.39 is 35.3 Å². The van der Waals surface area contributed by atoms with Crippen molar-refractivity contribution in [1.29, 1.82) is 0 Å². The molecule has 0 aromatic heterocycles. The maximum Gasteiger partial charge on any atom is 0.243 e. The average Bonchev–Trinajstić information content (AvgIpc) is 2.91. The summed E-state index contributed by atoms with van der Waals surface area (Å²) in [7, 11) is 0. The Kier molecular flexibility index (Phi) is 11.3. The second-order valence-corrected chi connectivity index (χ2v) is 9.05. The van der Waals surface area contributed by atoms with Gasteiger partial charge >= 0.3 is 0 Å². The zero-order chi connectivity index (χ0) is 28.9. The zero-order valence-corrected chi connectivity index (χ0v) is 21.6. The van der Waals surface area contributed by atoms with Crippen molar-refractivity contribution >= 4 is 40.7 Å². The Morgan fingerprint density at radius 3 is 1.60 bits per heavy atom. The van der Waals surface area contributed by atoms with Gasteiger partial charge in [0.15, 0.2) is 0 Å². The fourth-order valence-electron chi connectivity index (χ4n) is 3.95. The Labute approximate surface area is 229 Å². The molecule has 210 valence electrons. The monoisotopic (exact) mass is 552 g/mol. The molecule has 0 radical (unpaired) electrons. The number of hydrogen-bond donors (Lipinski definition) is 5. The number of unbranched alkanes of at least 4 members (excludes halogenated alkanes) is 3. The number of hydroxylamine groups is 1. The van der Waals surface area contributed by atoms with Crippen LogP contribution in [0.5, 0.6) is 0 Å². The molecular weight excluding hydrogens is 522 g/mol. The summed E-state index contributed by atoms with van der Waals surface area (Å²) in [4.78, 5) is 49.6. The van der Waals surface area contributed by atoms with Crippen molar-refractivity contribution in [3.63, 3.8) is 0 Å². The smallest absolute Gasteiger partial charge is 0.243 e. The Balaban J connectivity index is 1.65. The van der Waals surface area contributed by atoms with Crippen molar-refractivity contribution in [2.45, 2.75) is 44.4 Å². The predicted octanol–water partition coefficient (Wildman–Crippen LogP) is 5.11. The van der Waals surface area contributed by atoms with Gasteiger partial charge in [-0.3, -0.25) is 24.4 Å². The van der Waals surface area contributed by atoms with E-state index in [2.05, 4.69) is 16.0 Å². The van der Waals surface area contributed by atoms with Crippen LogP contribution in [0.3, 0.4) is 0 Å². The van der Waals surface area contributed by atoms with Gasteiger partial charge < -0.3 is 16.0 Å². The molecule has 3 aromatic carbocycles. The Bertz CT molecular complexity index is 1270. The topological polar surface area (TPSA) is 137 Å². The first-order valence-corrected chi connectivity index (χ1v) is 12.7. The van der Waals surface area contributed by atoms with Gasteiger partial charge in [-0.1, -0.05) is 37.1 Å². The molecular formula is C29H30F2N4O5. The van der Waals surface area contributed by atoms with Crippen molar-refractivity contribution in [3.8, 4) is 0 Å². The molecule has 0 saturated carbocycles. The minimum atomic E-state index is -1.37. The number of halogens is 2. The summed E-state index contributed by atoms with van der Waals surface area (Å²) >= 11 is 0. The predicted molar refractivity (Wildman–Crippen MR) is 146 cm³/mol. The summed E-state index contributed by atoms with van der Waals surface area (Å²) in [6, 6.07) is 16.6. The first-order valence-electron chi connectivity index (χ1n) is 12.7. The standard InChI is InChI=1S/C29H30F2N4O5/c30-20-7-5-9-23(17-20)33-28(38)27(29(39)34-24-10-6-8-21(31)18-24)19-13-15-22(16-14-19)32-25(36)11-3-1-2-4-12-26(37)35-40/h5-10,13-18,27,40H,1-4,11-12H2,(H,32,36)(H,33,38)(H,34,39)(H,35,37). The molecule has 0 aliphatic carbocycles. The van der Waals surface area contributed by atoms with E-state index in [1.54, 1.807) is 17.6 Å². The molecule has 4 amide bonds. The summed E-state index contributed by atoms with van der Waals surface area (Å²) < 4.78 is 27.3. The zero-order valence-electron chi connectivity index (χ0n) is 21.6. The van der Waals surface area contributed by atoms with Crippen LogP contribution in [0.15, 0.2) is 72.8 Å². The van der Waals surface area contributed by atoms with Crippen molar-refractivity contribution in [3.05, 3.63) is 90.0 Å². The summed E-state index contributed by atoms with van der Waals surface area (Å²) in [5, 5.41) is 16.3. The summed E-state index contributed by atoms with van der Waals surface area (Å²) in [5.41, 5.74) is 2.66. The lowest BCUT2D eigenvalue weighted by Gasteiger charge is -2.18. The molecule has 40 heavy (non-hydrogen) atoms. The van der Waals surface area contributed by atoms with Crippen molar-refractivity contribution in [2.24, 2.45) is 0 Å². The number of carbonyl (C=O) groups excluding carboxylic acids is 4. The van der Waals surface area contributed by atoms with Crippen LogP contribution in [0.2, 0.25) is 0 Å². The Morgan fingerprint density at radius 2 is 1.12 bits per heavy atom. The Morgan fingerprint density at radius 1 is 0.625 bits per heavy atom. The van der Waals surface area contributed by atoms with E-state index in [1.165, 1.54) is 48.5 Å². The molecule has 0 unspecified atom stereocenters. The van der Waals surface area contributed by atoms with Crippen LogP contribution in [0, 0.1) is 11.6 Å². The maximum absolute atomic E-state index is 13.6. The lowest BCUT2D eigenvalue weighted by molar-refractivity contribution is -0.129. The highest BCUT2D eigenvalue weighted by Crippen LogP contribution is 2.24. The first-order chi connectivity index (χ1) is 19.2. The minimum absolute atomic E-state index is 0.161. The number of carbonyl (C=O) groups is 4. The third kappa shape index (κ3) is 9.59. The summed E-state index contributed by atoms with van der Waals surface area (Å²) in [5.74, 6) is -4.61. The van der Waals surface area contributed by atoms with Gasteiger partial charge in [0, 0.05) is 29.9 Å². The molecule has 0 fully saturated rings. The fourth-order valence-corrected chi connectivity index (χ4v) is 3.95.